The van der Waals surface area contributed by atoms with Gasteiger partial charge in [-0.15, -0.1) is 0 Å². The Hall–Kier alpha value is -2.59. The highest BCUT2D eigenvalue weighted by Gasteiger charge is 2.33. The van der Waals surface area contributed by atoms with E-state index in [2.05, 4.69) is 4.98 Å². The number of rotatable bonds is 9. The summed E-state index contributed by atoms with van der Waals surface area (Å²) in [4.78, 5) is 30.2. The van der Waals surface area contributed by atoms with E-state index in [1.165, 1.54) is 23.9 Å². The number of nitrogens with two attached hydrogens (primary N) is 1. The number of esters is 2. The number of carbonyl (C=O) groups excluding carboxylic acids is 2. The van der Waals surface area contributed by atoms with Crippen molar-refractivity contribution in [1.29, 1.82) is 0 Å². The third-order valence-electron chi connectivity index (χ3n) is 4.39. The predicted molar refractivity (Wildman–Crippen MR) is 117 cm³/mol. The van der Waals surface area contributed by atoms with Gasteiger partial charge in [0.1, 0.15) is 0 Å². The second-order valence-electron chi connectivity index (χ2n) is 6.63. The highest BCUT2D eigenvalue weighted by atomic mass is 32.2. The van der Waals surface area contributed by atoms with Gasteiger partial charge in [-0.2, -0.15) is 24.9 Å². The lowest BCUT2D eigenvalue weighted by molar-refractivity contribution is -0.137. The van der Waals surface area contributed by atoms with Crippen LogP contribution in [0.2, 0.25) is 0 Å². The number of nitrogens with zero attached hydrogens (tertiary/aromatic N) is 1. The Morgan fingerprint density at radius 3 is 2.28 bits per heavy atom. The predicted octanol–water partition coefficient (Wildman–Crippen LogP) is 4.62. The summed E-state index contributed by atoms with van der Waals surface area (Å²) in [6, 6.07) is 4.45. The molecule has 2 N–H and O–H groups in total. The SMILES string of the molecule is CCOC(=O)c1c(C)nc(CSCCN)c(C(=O)OCC)c1-c1cccc(C(F)(F)F)c1. The standard InChI is InChI=1S/C22H25F3N2O4S/c1-4-30-20(28)17-13(3)27-16(12-32-10-9-26)19(21(29)31-5-2)18(17)14-7-6-8-15(11-14)22(23,24)25/h6-8,11H,4-5,9-10,12,26H2,1-3H3. The molecule has 0 amide bonds. The fraction of sp³-hybridized carbons (Fsp3) is 0.409. The fourth-order valence-corrected chi connectivity index (χ4v) is 3.85. The summed E-state index contributed by atoms with van der Waals surface area (Å²) >= 11 is 1.41. The van der Waals surface area contributed by atoms with E-state index in [1.807, 2.05) is 0 Å². The van der Waals surface area contributed by atoms with Gasteiger partial charge in [-0.3, -0.25) is 4.98 Å². The quantitative estimate of drug-likeness (QED) is 0.422. The minimum atomic E-state index is -4.61. The topological polar surface area (TPSA) is 91.5 Å². The van der Waals surface area contributed by atoms with E-state index in [9.17, 15) is 22.8 Å². The summed E-state index contributed by atoms with van der Waals surface area (Å²) in [6.45, 7) is 5.25. The van der Waals surface area contributed by atoms with Gasteiger partial charge >= 0.3 is 18.1 Å². The van der Waals surface area contributed by atoms with Crippen LogP contribution in [0.5, 0.6) is 0 Å². The Morgan fingerprint density at radius 2 is 1.72 bits per heavy atom. The molecular formula is C22H25F3N2O4S. The van der Waals surface area contributed by atoms with Crippen molar-refractivity contribution in [3.8, 4) is 11.1 Å². The molecule has 1 heterocycles. The first-order valence-electron chi connectivity index (χ1n) is 9.98. The van der Waals surface area contributed by atoms with E-state index < -0.39 is 23.7 Å². The number of ether oxygens (including phenoxy) is 2. The number of hydrogen-bond acceptors (Lipinski definition) is 7. The summed E-state index contributed by atoms with van der Waals surface area (Å²) in [5.41, 5.74) is 5.12. The molecule has 2 aromatic rings. The van der Waals surface area contributed by atoms with E-state index in [0.717, 1.165) is 12.1 Å². The van der Waals surface area contributed by atoms with Gasteiger partial charge in [0.15, 0.2) is 0 Å². The maximum atomic E-state index is 13.4. The van der Waals surface area contributed by atoms with Crippen LogP contribution in [0.25, 0.3) is 11.1 Å². The van der Waals surface area contributed by atoms with Gasteiger partial charge in [0.2, 0.25) is 0 Å². The van der Waals surface area contributed by atoms with Gasteiger partial charge in [-0.25, -0.2) is 9.59 Å². The minimum absolute atomic E-state index is 0.0175. The number of benzene rings is 1. The van der Waals surface area contributed by atoms with E-state index in [4.69, 9.17) is 15.2 Å². The average Bonchev–Trinajstić information content (AvgIpc) is 2.73. The second kappa shape index (κ2) is 11.3. The third kappa shape index (κ3) is 6.01. The Bertz CT molecular complexity index is 980. The molecule has 174 valence electrons. The Morgan fingerprint density at radius 1 is 1.09 bits per heavy atom. The summed E-state index contributed by atoms with van der Waals surface area (Å²) in [6.07, 6.45) is -4.61. The molecule has 0 saturated heterocycles. The van der Waals surface area contributed by atoms with Crippen LogP contribution in [0.15, 0.2) is 24.3 Å². The van der Waals surface area contributed by atoms with E-state index in [0.29, 0.717) is 18.0 Å². The molecule has 0 unspecified atom stereocenters. The van der Waals surface area contributed by atoms with Gasteiger partial charge in [-0.05, 0) is 38.5 Å². The lowest BCUT2D eigenvalue weighted by atomic mass is 9.91. The lowest BCUT2D eigenvalue weighted by Crippen LogP contribution is -2.19. The van der Waals surface area contributed by atoms with Gasteiger partial charge in [0.25, 0.3) is 0 Å². The van der Waals surface area contributed by atoms with Crippen LogP contribution in [-0.4, -0.2) is 42.4 Å². The van der Waals surface area contributed by atoms with Crippen molar-refractivity contribution in [3.63, 3.8) is 0 Å². The first kappa shape index (κ1) is 25.7. The molecule has 0 radical (unpaired) electrons. The average molecular weight is 471 g/mol. The third-order valence-corrected chi connectivity index (χ3v) is 5.39. The highest BCUT2D eigenvalue weighted by Crippen LogP contribution is 2.37. The molecule has 1 aromatic carbocycles. The molecule has 6 nitrogen and oxygen atoms in total. The zero-order valence-corrected chi connectivity index (χ0v) is 18.9. The lowest BCUT2D eigenvalue weighted by Gasteiger charge is -2.19. The number of alkyl halides is 3. The van der Waals surface area contributed by atoms with Crippen LogP contribution in [-0.2, 0) is 21.4 Å². The number of halogens is 3. The Kier molecular flexibility index (Phi) is 9.09. The molecule has 0 aliphatic heterocycles. The minimum Gasteiger partial charge on any atom is -0.462 e. The number of thioether (sulfide) groups is 1. The first-order chi connectivity index (χ1) is 15.1. The zero-order chi connectivity index (χ0) is 23.9. The van der Waals surface area contributed by atoms with Crippen molar-refractivity contribution >= 4 is 23.7 Å². The summed E-state index contributed by atoms with van der Waals surface area (Å²) < 4.78 is 50.5. The Balaban J connectivity index is 2.89. The fourth-order valence-electron chi connectivity index (χ4n) is 3.14. The van der Waals surface area contributed by atoms with E-state index in [1.54, 1.807) is 20.8 Å². The normalized spacial score (nSPS) is 11.3. The number of aromatic nitrogens is 1. The molecule has 0 bridgehead atoms. The van der Waals surface area contributed by atoms with Crippen LogP contribution in [0, 0.1) is 6.92 Å². The maximum absolute atomic E-state index is 13.4. The summed E-state index contributed by atoms with van der Waals surface area (Å²) in [7, 11) is 0. The summed E-state index contributed by atoms with van der Waals surface area (Å²) in [5.74, 6) is -0.708. The van der Waals surface area contributed by atoms with Crippen LogP contribution in [0.1, 0.15) is 51.5 Å². The highest BCUT2D eigenvalue weighted by molar-refractivity contribution is 7.98. The zero-order valence-electron chi connectivity index (χ0n) is 18.0. The van der Waals surface area contributed by atoms with Crippen molar-refractivity contribution in [2.75, 3.05) is 25.5 Å². The summed E-state index contributed by atoms with van der Waals surface area (Å²) in [5, 5.41) is 0. The molecule has 1 aromatic heterocycles. The number of aryl methyl sites for hydroxylation is 1. The second-order valence-corrected chi connectivity index (χ2v) is 7.73. The molecule has 0 aliphatic carbocycles. The monoisotopic (exact) mass is 470 g/mol. The van der Waals surface area contributed by atoms with Crippen LogP contribution in [0.4, 0.5) is 13.2 Å². The maximum Gasteiger partial charge on any atom is 0.416 e. The van der Waals surface area contributed by atoms with E-state index >= 15 is 0 Å². The number of hydrogen-bond donors (Lipinski definition) is 1. The Labute approximate surface area is 188 Å². The molecule has 0 aliphatic rings. The van der Waals surface area contributed by atoms with Crippen LogP contribution in [0.3, 0.4) is 0 Å². The van der Waals surface area contributed by atoms with Gasteiger partial charge in [-0.1, -0.05) is 12.1 Å². The van der Waals surface area contributed by atoms with Crippen molar-refractivity contribution < 1.29 is 32.2 Å². The molecular weight excluding hydrogens is 445 g/mol. The molecule has 2 rings (SSSR count). The molecule has 0 saturated carbocycles. The van der Waals surface area contributed by atoms with Crippen molar-refractivity contribution in [2.24, 2.45) is 5.73 Å². The van der Waals surface area contributed by atoms with Crippen molar-refractivity contribution in [2.45, 2.75) is 32.7 Å². The number of carbonyl (C=O) groups is 2. The largest absolute Gasteiger partial charge is 0.462 e. The molecule has 0 atom stereocenters. The van der Waals surface area contributed by atoms with Crippen LogP contribution >= 0.6 is 11.8 Å². The first-order valence-corrected chi connectivity index (χ1v) is 11.1. The molecule has 32 heavy (non-hydrogen) atoms. The van der Waals surface area contributed by atoms with Crippen molar-refractivity contribution in [3.05, 3.63) is 52.3 Å². The molecule has 0 spiro atoms. The van der Waals surface area contributed by atoms with Gasteiger partial charge < -0.3 is 15.2 Å². The smallest absolute Gasteiger partial charge is 0.416 e. The van der Waals surface area contributed by atoms with Gasteiger partial charge in [0.05, 0.1) is 41.3 Å². The van der Waals surface area contributed by atoms with Crippen molar-refractivity contribution in [1.82, 2.24) is 4.98 Å². The molecule has 0 fully saturated rings. The van der Waals surface area contributed by atoms with Gasteiger partial charge in [0, 0.05) is 23.6 Å². The van der Waals surface area contributed by atoms with Crippen LogP contribution < -0.4 is 5.73 Å². The molecule has 10 heteroatoms. The number of pyridine rings is 1. The van der Waals surface area contributed by atoms with E-state index in [-0.39, 0.29) is 46.9 Å².